The largest absolute Gasteiger partial charge is 0.489 e. The second-order valence-corrected chi connectivity index (χ2v) is 5.28. The molecular formula is C15H17N6O7+. The molecule has 0 atom stereocenters. The van der Waals surface area contributed by atoms with E-state index < -0.39 is 9.85 Å². The van der Waals surface area contributed by atoms with Crippen molar-refractivity contribution in [3.8, 4) is 11.5 Å². The van der Waals surface area contributed by atoms with Crippen LogP contribution in [0.4, 0.5) is 11.4 Å². The van der Waals surface area contributed by atoms with Gasteiger partial charge in [-0.2, -0.15) is 0 Å². The third kappa shape index (κ3) is 6.55. The number of hydrogen-bond acceptors (Lipinski definition) is 8. The smallest absolute Gasteiger partial charge is 0.370 e. The van der Waals surface area contributed by atoms with Crippen LogP contribution < -0.4 is 21.1 Å². The van der Waals surface area contributed by atoms with Crippen LogP contribution in [0.15, 0.2) is 36.4 Å². The summed E-state index contributed by atoms with van der Waals surface area (Å²) in [6, 6.07) is 7.51. The third-order valence-corrected chi connectivity index (χ3v) is 3.11. The molecule has 2 rings (SSSR count). The molecule has 0 aliphatic rings. The van der Waals surface area contributed by atoms with E-state index in [0.717, 1.165) is 12.1 Å². The highest BCUT2D eigenvalue weighted by Crippen LogP contribution is 2.26. The number of nitro benzene ring substituents is 2. The number of non-ortho nitro benzene ring substituents is 2. The first-order valence-electron chi connectivity index (χ1n) is 7.44. The summed E-state index contributed by atoms with van der Waals surface area (Å²) in [4.78, 5) is 41.8. The van der Waals surface area contributed by atoms with Gasteiger partial charge in [-0.25, -0.2) is 0 Å². The Morgan fingerprint density at radius 3 is 1.46 bits per heavy atom. The molecule has 28 heavy (non-hydrogen) atoms. The van der Waals surface area contributed by atoms with Crippen molar-refractivity contribution in [2.75, 3.05) is 0 Å². The van der Waals surface area contributed by atoms with E-state index in [-0.39, 0.29) is 33.9 Å². The van der Waals surface area contributed by atoms with Crippen LogP contribution in [-0.4, -0.2) is 20.9 Å². The minimum absolute atomic E-state index is 0.0673. The van der Waals surface area contributed by atoms with Crippen LogP contribution in [0, 0.1) is 44.4 Å². The summed E-state index contributed by atoms with van der Waals surface area (Å²) in [5, 5.41) is 27.3. The highest BCUT2D eigenvalue weighted by Gasteiger charge is 2.23. The Labute approximate surface area is 157 Å². The molecule has 148 valence electrons. The van der Waals surface area contributed by atoms with Crippen LogP contribution in [0.25, 0.3) is 0 Å². The first-order valence-corrected chi connectivity index (χ1v) is 7.44. The predicted molar refractivity (Wildman–Crippen MR) is 96.7 cm³/mol. The van der Waals surface area contributed by atoms with Gasteiger partial charge in [-0.1, -0.05) is 0 Å². The van der Waals surface area contributed by atoms with E-state index in [1.165, 1.54) is 24.3 Å². The van der Waals surface area contributed by atoms with Crippen LogP contribution in [0.5, 0.6) is 11.5 Å². The number of hydrogen-bond donors (Lipinski definition) is 3. The lowest BCUT2D eigenvalue weighted by atomic mass is 10.2. The summed E-state index contributed by atoms with van der Waals surface area (Å²) in [6.07, 6.45) is 0. The number of nitrogens with two attached hydrogens (primary N) is 2. The zero-order valence-electron chi connectivity index (χ0n) is 14.8. The quantitative estimate of drug-likeness (QED) is 0.284. The van der Waals surface area contributed by atoms with E-state index in [4.69, 9.17) is 15.1 Å². The first kappa shape index (κ1) is 21.8. The van der Waals surface area contributed by atoms with Crippen LogP contribution in [0.3, 0.4) is 0 Å². The van der Waals surface area contributed by atoms with E-state index in [1.54, 1.807) is 13.8 Å². The second-order valence-electron chi connectivity index (χ2n) is 5.28. The molecule has 13 nitrogen and oxygen atoms in total. The molecule has 0 unspecified atom stereocenters. The first-order chi connectivity index (χ1) is 13.0. The number of rotatable bonds is 6. The molecule has 0 amide bonds. The number of aryl methyl sites for hydroxylation is 2. The summed E-state index contributed by atoms with van der Waals surface area (Å²) in [5.74, 6) is -0.468. The third-order valence-electron chi connectivity index (χ3n) is 3.11. The number of guanidine groups is 1. The molecule has 2 aromatic rings. The summed E-state index contributed by atoms with van der Waals surface area (Å²) in [6.45, 7) is 3.18. The van der Waals surface area contributed by atoms with Crippen LogP contribution >= 0.6 is 0 Å². The molecule has 0 radical (unpaired) electrons. The van der Waals surface area contributed by atoms with Crippen molar-refractivity contribution in [3.05, 3.63) is 72.7 Å². The summed E-state index contributed by atoms with van der Waals surface area (Å²) in [7, 11) is 0. The summed E-state index contributed by atoms with van der Waals surface area (Å²) in [5.41, 5.74) is 9.38. The average Bonchev–Trinajstić information content (AvgIpc) is 2.57. The van der Waals surface area contributed by atoms with Gasteiger partial charge >= 0.3 is 5.09 Å². The maximum Gasteiger partial charge on any atom is 0.489 e. The zero-order chi connectivity index (χ0) is 21.4. The van der Waals surface area contributed by atoms with Crippen molar-refractivity contribution < 1.29 is 24.6 Å². The standard InChI is InChI=1S/C14H12N3O7.CH5N3/c1-9-3-5-11(15(18)19)7-13(9)23-17(22)24-14-8-12(16(20)21)6-4-10(14)2;2-1(3)4/h3-8H,1-2H3;(H5,2,3,4)/q+1;. The van der Waals surface area contributed by atoms with Crippen molar-refractivity contribution in [1.29, 1.82) is 5.41 Å². The van der Waals surface area contributed by atoms with Crippen molar-refractivity contribution in [1.82, 2.24) is 0 Å². The highest BCUT2D eigenvalue weighted by atomic mass is 17.0. The highest BCUT2D eigenvalue weighted by molar-refractivity contribution is 5.71. The van der Waals surface area contributed by atoms with Crippen LogP contribution in [-0.2, 0) is 0 Å². The monoisotopic (exact) mass is 393 g/mol. The molecule has 0 aliphatic heterocycles. The van der Waals surface area contributed by atoms with Gasteiger partial charge in [0, 0.05) is 12.1 Å². The maximum absolute atomic E-state index is 11.8. The van der Waals surface area contributed by atoms with E-state index in [0.29, 0.717) is 11.1 Å². The molecule has 13 heteroatoms. The second kappa shape index (κ2) is 9.42. The lowest BCUT2D eigenvalue weighted by Crippen LogP contribution is -2.20. The topological polar surface area (TPSA) is 201 Å². The van der Waals surface area contributed by atoms with Gasteiger partial charge in [0.1, 0.15) is 4.91 Å². The average molecular weight is 393 g/mol. The van der Waals surface area contributed by atoms with Gasteiger partial charge in [-0.15, -0.1) is 9.68 Å². The number of nitrogens with zero attached hydrogens (tertiary/aromatic N) is 3. The molecule has 2 aromatic carbocycles. The van der Waals surface area contributed by atoms with Crippen LogP contribution in [0.1, 0.15) is 11.1 Å². The Morgan fingerprint density at radius 1 is 0.857 bits per heavy atom. The molecule has 0 saturated heterocycles. The number of nitro groups is 2. The fourth-order valence-corrected chi connectivity index (χ4v) is 1.78. The summed E-state index contributed by atoms with van der Waals surface area (Å²) >= 11 is 0. The Balaban J connectivity index is 0.000000892. The lowest BCUT2D eigenvalue weighted by molar-refractivity contribution is -0.920. The van der Waals surface area contributed by atoms with Gasteiger partial charge in [0.25, 0.3) is 11.4 Å². The summed E-state index contributed by atoms with van der Waals surface area (Å²) < 4.78 is 0. The number of benzene rings is 2. The molecular weight excluding hydrogens is 376 g/mol. The van der Waals surface area contributed by atoms with Gasteiger partial charge in [0.05, 0.1) is 22.0 Å². The Kier molecular flexibility index (Phi) is 7.32. The molecule has 0 aromatic heterocycles. The molecule has 0 saturated carbocycles. The van der Waals surface area contributed by atoms with Crippen molar-refractivity contribution in [2.45, 2.75) is 13.8 Å². The van der Waals surface area contributed by atoms with Gasteiger partial charge in [0.2, 0.25) is 11.5 Å². The maximum atomic E-state index is 11.8. The Bertz CT molecular complexity index is 860. The molecule has 0 aliphatic carbocycles. The fourth-order valence-electron chi connectivity index (χ4n) is 1.78. The molecule has 0 spiro atoms. The van der Waals surface area contributed by atoms with E-state index in [9.17, 15) is 25.1 Å². The predicted octanol–water partition coefficient (Wildman–Crippen LogP) is 2.03. The zero-order valence-corrected chi connectivity index (χ0v) is 14.8. The van der Waals surface area contributed by atoms with Gasteiger partial charge in [-0.3, -0.25) is 25.6 Å². The van der Waals surface area contributed by atoms with E-state index >= 15 is 0 Å². The van der Waals surface area contributed by atoms with E-state index in [2.05, 4.69) is 11.5 Å². The SMILES string of the molecule is Cc1ccc([N+](=O)[O-])cc1O[N+](=O)Oc1cc([N+](=O)[O-])ccc1C.N=C(N)N. The van der Waals surface area contributed by atoms with Crippen molar-refractivity contribution >= 4 is 17.3 Å². The van der Waals surface area contributed by atoms with Gasteiger partial charge in [0.15, 0.2) is 5.96 Å². The van der Waals surface area contributed by atoms with Crippen LogP contribution in [0.2, 0.25) is 0 Å². The van der Waals surface area contributed by atoms with Gasteiger partial charge in [-0.05, 0) is 37.1 Å². The number of nitrogens with one attached hydrogen (secondary N) is 1. The molecule has 5 N–H and O–H groups in total. The lowest BCUT2D eigenvalue weighted by Gasteiger charge is -2.01. The molecule has 0 bridgehead atoms. The normalized spacial score (nSPS) is 9.50. The molecule has 0 fully saturated rings. The van der Waals surface area contributed by atoms with Crippen molar-refractivity contribution in [3.63, 3.8) is 0 Å². The Morgan fingerprint density at radius 2 is 1.18 bits per heavy atom. The minimum atomic E-state index is -0.632. The minimum Gasteiger partial charge on any atom is -0.370 e. The Hall–Kier alpha value is -4.29. The molecule has 0 heterocycles. The van der Waals surface area contributed by atoms with Crippen molar-refractivity contribution in [2.24, 2.45) is 11.5 Å². The van der Waals surface area contributed by atoms with E-state index in [1.807, 2.05) is 0 Å². The fraction of sp³-hybridized carbons (Fsp3) is 0.133. The van der Waals surface area contributed by atoms with Gasteiger partial charge < -0.3 is 11.5 Å².